The Balaban J connectivity index is 2.27. The van der Waals surface area contributed by atoms with E-state index in [1.807, 2.05) is 31.3 Å². The van der Waals surface area contributed by atoms with Crippen LogP contribution in [0, 0.1) is 5.82 Å². The smallest absolute Gasteiger partial charge is 0.128 e. The first kappa shape index (κ1) is 14.5. The van der Waals surface area contributed by atoms with Crippen molar-refractivity contribution in [3.05, 3.63) is 68.9 Å². The molecule has 0 aliphatic heterocycles. The van der Waals surface area contributed by atoms with Gasteiger partial charge in [-0.25, -0.2) is 4.39 Å². The Bertz CT molecular complexity index is 574. The van der Waals surface area contributed by atoms with E-state index in [2.05, 4.69) is 21.2 Å². The molecule has 2 aromatic rings. The van der Waals surface area contributed by atoms with Gasteiger partial charge in [0.05, 0.1) is 0 Å². The van der Waals surface area contributed by atoms with Gasteiger partial charge >= 0.3 is 0 Å². The molecule has 0 aliphatic carbocycles. The fourth-order valence-electron chi connectivity index (χ4n) is 2.05. The number of halogens is 3. The Morgan fingerprint density at radius 1 is 1.26 bits per heavy atom. The molecule has 0 fully saturated rings. The number of nitrogens with one attached hydrogen (secondary N) is 1. The molecule has 1 nitrogen and oxygen atoms in total. The van der Waals surface area contributed by atoms with Gasteiger partial charge in [-0.2, -0.15) is 0 Å². The van der Waals surface area contributed by atoms with Gasteiger partial charge in [0, 0.05) is 21.1 Å². The monoisotopic (exact) mass is 341 g/mol. The minimum absolute atomic E-state index is 0.0871. The third-order valence-corrected chi connectivity index (χ3v) is 3.74. The molecule has 0 saturated heterocycles. The highest BCUT2D eigenvalue weighted by Gasteiger charge is 2.15. The van der Waals surface area contributed by atoms with E-state index >= 15 is 0 Å². The van der Waals surface area contributed by atoms with Gasteiger partial charge in [-0.1, -0.05) is 39.7 Å². The second kappa shape index (κ2) is 6.51. The predicted octanol–water partition coefficient (Wildman–Crippen LogP) is 4.74. The van der Waals surface area contributed by atoms with Crippen LogP contribution in [0.3, 0.4) is 0 Å². The molecule has 0 saturated carbocycles. The largest absolute Gasteiger partial charge is 0.313 e. The van der Waals surface area contributed by atoms with Gasteiger partial charge in [-0.3, -0.25) is 0 Å². The van der Waals surface area contributed by atoms with Crippen LogP contribution >= 0.6 is 27.5 Å². The SMILES string of the molecule is CNC(Cc1cccc(Cl)c1)c1cc(Br)ccc1F. The van der Waals surface area contributed by atoms with Crippen molar-refractivity contribution in [1.29, 1.82) is 0 Å². The molecular formula is C15H14BrClFN. The number of hydrogen-bond donors (Lipinski definition) is 1. The van der Waals surface area contributed by atoms with E-state index in [-0.39, 0.29) is 11.9 Å². The quantitative estimate of drug-likeness (QED) is 0.846. The highest BCUT2D eigenvalue weighted by Crippen LogP contribution is 2.25. The second-order valence-electron chi connectivity index (χ2n) is 4.34. The molecule has 0 bridgehead atoms. The van der Waals surface area contributed by atoms with Crippen molar-refractivity contribution >= 4 is 27.5 Å². The maximum Gasteiger partial charge on any atom is 0.128 e. The summed E-state index contributed by atoms with van der Waals surface area (Å²) in [5, 5.41) is 3.85. The third kappa shape index (κ3) is 3.78. The molecule has 1 atom stereocenters. The van der Waals surface area contributed by atoms with Crippen molar-refractivity contribution in [2.75, 3.05) is 7.05 Å². The van der Waals surface area contributed by atoms with Crippen LogP contribution in [0.25, 0.3) is 0 Å². The summed E-state index contributed by atoms with van der Waals surface area (Å²) >= 11 is 9.35. The van der Waals surface area contributed by atoms with Crippen molar-refractivity contribution in [2.24, 2.45) is 0 Å². The first-order valence-corrected chi connectivity index (χ1v) is 7.14. The summed E-state index contributed by atoms with van der Waals surface area (Å²) in [5.41, 5.74) is 1.73. The van der Waals surface area contributed by atoms with E-state index < -0.39 is 0 Å². The average molecular weight is 343 g/mol. The van der Waals surface area contributed by atoms with Gasteiger partial charge in [-0.05, 0) is 49.4 Å². The maximum atomic E-state index is 13.9. The lowest BCUT2D eigenvalue weighted by Gasteiger charge is -2.18. The Kier molecular flexibility index (Phi) is 4.97. The number of benzene rings is 2. The zero-order chi connectivity index (χ0) is 13.8. The van der Waals surface area contributed by atoms with Crippen LogP contribution in [0.2, 0.25) is 5.02 Å². The van der Waals surface area contributed by atoms with Gasteiger partial charge in [0.15, 0.2) is 0 Å². The first-order chi connectivity index (χ1) is 9.10. The van der Waals surface area contributed by atoms with Crippen LogP contribution in [0.4, 0.5) is 4.39 Å². The molecule has 0 aliphatic rings. The van der Waals surface area contributed by atoms with Crippen LogP contribution < -0.4 is 5.32 Å². The van der Waals surface area contributed by atoms with Crippen molar-refractivity contribution in [3.63, 3.8) is 0 Å². The Labute approximate surface area is 125 Å². The minimum atomic E-state index is -0.204. The standard InChI is InChI=1S/C15H14BrClFN/c1-19-15(8-10-3-2-4-12(17)7-10)13-9-11(16)5-6-14(13)18/h2-7,9,15,19H,8H2,1H3. The number of hydrogen-bond acceptors (Lipinski definition) is 1. The van der Waals surface area contributed by atoms with E-state index in [0.29, 0.717) is 17.0 Å². The molecule has 19 heavy (non-hydrogen) atoms. The van der Waals surface area contributed by atoms with Crippen molar-refractivity contribution in [3.8, 4) is 0 Å². The van der Waals surface area contributed by atoms with Crippen LogP contribution in [-0.2, 0) is 6.42 Å². The van der Waals surface area contributed by atoms with Crippen LogP contribution in [-0.4, -0.2) is 7.05 Å². The lowest BCUT2D eigenvalue weighted by molar-refractivity contribution is 0.533. The highest BCUT2D eigenvalue weighted by atomic mass is 79.9. The summed E-state index contributed by atoms with van der Waals surface area (Å²) in [7, 11) is 1.83. The van der Waals surface area contributed by atoms with E-state index in [9.17, 15) is 4.39 Å². The zero-order valence-electron chi connectivity index (χ0n) is 10.5. The van der Waals surface area contributed by atoms with Crippen molar-refractivity contribution in [2.45, 2.75) is 12.5 Å². The van der Waals surface area contributed by atoms with Gasteiger partial charge in [0.2, 0.25) is 0 Å². The van der Waals surface area contributed by atoms with Crippen molar-refractivity contribution < 1.29 is 4.39 Å². The summed E-state index contributed by atoms with van der Waals surface area (Å²) in [6, 6.07) is 12.5. The molecule has 0 aromatic heterocycles. The van der Waals surface area contributed by atoms with Crippen LogP contribution in [0.5, 0.6) is 0 Å². The lowest BCUT2D eigenvalue weighted by Crippen LogP contribution is -2.20. The summed E-state index contributed by atoms with van der Waals surface area (Å²) in [5.74, 6) is -0.204. The maximum absolute atomic E-state index is 13.9. The molecule has 0 radical (unpaired) electrons. The molecule has 2 rings (SSSR count). The minimum Gasteiger partial charge on any atom is -0.313 e. The number of rotatable bonds is 4. The molecule has 4 heteroatoms. The Morgan fingerprint density at radius 3 is 2.74 bits per heavy atom. The van der Waals surface area contributed by atoms with E-state index in [1.165, 1.54) is 6.07 Å². The molecule has 1 unspecified atom stereocenters. The predicted molar refractivity (Wildman–Crippen MR) is 81.1 cm³/mol. The third-order valence-electron chi connectivity index (χ3n) is 3.01. The molecule has 100 valence electrons. The normalized spacial score (nSPS) is 12.4. The summed E-state index contributed by atoms with van der Waals surface area (Å²) < 4.78 is 14.8. The van der Waals surface area contributed by atoms with Gasteiger partial charge < -0.3 is 5.32 Å². The van der Waals surface area contributed by atoms with E-state index in [4.69, 9.17) is 11.6 Å². The summed E-state index contributed by atoms with van der Waals surface area (Å²) in [4.78, 5) is 0. The molecule has 0 heterocycles. The first-order valence-electron chi connectivity index (χ1n) is 5.97. The fourth-order valence-corrected chi connectivity index (χ4v) is 2.64. The fraction of sp³-hybridized carbons (Fsp3) is 0.200. The van der Waals surface area contributed by atoms with Crippen LogP contribution in [0.15, 0.2) is 46.9 Å². The van der Waals surface area contributed by atoms with Gasteiger partial charge in [-0.15, -0.1) is 0 Å². The van der Waals surface area contributed by atoms with E-state index in [0.717, 1.165) is 10.0 Å². The average Bonchev–Trinajstić information content (AvgIpc) is 2.39. The van der Waals surface area contributed by atoms with Crippen molar-refractivity contribution in [1.82, 2.24) is 5.32 Å². The molecular weight excluding hydrogens is 329 g/mol. The Morgan fingerprint density at radius 2 is 2.05 bits per heavy atom. The van der Waals surface area contributed by atoms with Gasteiger partial charge in [0.1, 0.15) is 5.82 Å². The molecule has 0 amide bonds. The summed E-state index contributed by atoms with van der Waals surface area (Å²) in [6.45, 7) is 0. The van der Waals surface area contributed by atoms with Crippen LogP contribution in [0.1, 0.15) is 17.2 Å². The molecule has 0 spiro atoms. The molecule has 2 aromatic carbocycles. The highest BCUT2D eigenvalue weighted by molar-refractivity contribution is 9.10. The number of likely N-dealkylation sites (N-methyl/N-ethyl adjacent to an activating group) is 1. The Hall–Kier alpha value is -0.900. The summed E-state index contributed by atoms with van der Waals surface area (Å²) in [6.07, 6.45) is 0.685. The van der Waals surface area contributed by atoms with E-state index in [1.54, 1.807) is 12.1 Å². The van der Waals surface area contributed by atoms with Gasteiger partial charge in [0.25, 0.3) is 0 Å². The second-order valence-corrected chi connectivity index (χ2v) is 5.69. The lowest BCUT2D eigenvalue weighted by atomic mass is 9.98. The zero-order valence-corrected chi connectivity index (χ0v) is 12.8. The topological polar surface area (TPSA) is 12.0 Å². The molecule has 1 N–H and O–H groups in total.